The number of carbonyl (C=O) groups is 1. The van der Waals surface area contributed by atoms with Crippen LogP contribution < -0.4 is 14.8 Å². The quantitative estimate of drug-likeness (QED) is 0.652. The Balaban J connectivity index is 0.00000208. The van der Waals surface area contributed by atoms with Crippen LogP contribution in [-0.4, -0.2) is 55.1 Å². The van der Waals surface area contributed by atoms with Crippen molar-refractivity contribution in [1.82, 2.24) is 10.2 Å². The van der Waals surface area contributed by atoms with E-state index in [1.807, 2.05) is 7.05 Å². The molecule has 0 aliphatic carbocycles. The molecule has 0 aromatic heterocycles. The number of piperidine rings is 1. The van der Waals surface area contributed by atoms with Crippen LogP contribution in [0.5, 0.6) is 11.5 Å². The first-order valence-electron chi connectivity index (χ1n) is 7.64. The first-order valence-corrected chi connectivity index (χ1v) is 7.64. The molecule has 9 heteroatoms. The van der Waals surface area contributed by atoms with E-state index in [1.165, 1.54) is 12.1 Å². The molecule has 1 fully saturated rings. The summed E-state index contributed by atoms with van der Waals surface area (Å²) in [5, 5.41) is 14.5. The van der Waals surface area contributed by atoms with Crippen molar-refractivity contribution in [3.63, 3.8) is 0 Å². The number of likely N-dealkylation sites (tertiary alicyclic amines) is 1. The Morgan fingerprint density at radius 1 is 1.33 bits per heavy atom. The van der Waals surface area contributed by atoms with Crippen molar-refractivity contribution in [3.8, 4) is 11.5 Å². The third-order valence-corrected chi connectivity index (χ3v) is 4.20. The van der Waals surface area contributed by atoms with Gasteiger partial charge >= 0.3 is 0 Å². The maximum atomic E-state index is 12.8. The predicted octanol–water partition coefficient (Wildman–Crippen LogP) is 1.61. The first-order chi connectivity index (χ1) is 11.1. The van der Waals surface area contributed by atoms with Gasteiger partial charge in [-0.1, -0.05) is 0 Å². The number of nitro benzene ring substituents is 1. The molecule has 132 valence electrons. The number of nitrogens with one attached hydrogen (secondary N) is 1. The van der Waals surface area contributed by atoms with Crippen LogP contribution in [0.3, 0.4) is 0 Å². The van der Waals surface area contributed by atoms with E-state index >= 15 is 0 Å². The van der Waals surface area contributed by atoms with Crippen LogP contribution in [0.15, 0.2) is 12.1 Å². The van der Waals surface area contributed by atoms with E-state index in [1.54, 1.807) is 4.90 Å². The molecule has 1 amide bonds. The fraction of sp³-hybridized carbons (Fsp3) is 0.533. The molecule has 0 spiro atoms. The largest absolute Gasteiger partial charge is 0.486 e. The zero-order valence-corrected chi connectivity index (χ0v) is 14.1. The van der Waals surface area contributed by atoms with Gasteiger partial charge in [0.2, 0.25) is 0 Å². The Morgan fingerprint density at radius 3 is 2.62 bits per heavy atom. The molecular weight excluding hydrogens is 338 g/mol. The summed E-state index contributed by atoms with van der Waals surface area (Å²) in [6.07, 6.45) is 1.86. The summed E-state index contributed by atoms with van der Waals surface area (Å²) < 4.78 is 10.8. The van der Waals surface area contributed by atoms with E-state index in [-0.39, 0.29) is 35.6 Å². The van der Waals surface area contributed by atoms with Crippen molar-refractivity contribution in [2.75, 3.05) is 33.4 Å². The molecule has 3 rings (SSSR count). The molecular formula is C15H20ClN3O5. The van der Waals surface area contributed by atoms with Gasteiger partial charge < -0.3 is 19.7 Å². The average Bonchev–Trinajstić information content (AvgIpc) is 2.59. The number of nitro groups is 1. The number of likely N-dealkylation sites (N-methyl/N-ethyl adjacent to an activating group) is 1. The van der Waals surface area contributed by atoms with Gasteiger partial charge in [0.1, 0.15) is 18.8 Å². The first kappa shape index (κ1) is 18.3. The minimum absolute atomic E-state index is 0. The van der Waals surface area contributed by atoms with Crippen molar-refractivity contribution >= 4 is 24.0 Å². The summed E-state index contributed by atoms with van der Waals surface area (Å²) in [7, 11) is 1.85. The topological polar surface area (TPSA) is 93.9 Å². The average molecular weight is 358 g/mol. The predicted molar refractivity (Wildman–Crippen MR) is 89.3 cm³/mol. The normalized spacial score (nSPS) is 19.4. The van der Waals surface area contributed by atoms with Gasteiger partial charge in [-0.25, -0.2) is 0 Å². The molecule has 1 saturated heterocycles. The third-order valence-electron chi connectivity index (χ3n) is 4.20. The molecule has 1 unspecified atom stereocenters. The zero-order chi connectivity index (χ0) is 16.4. The lowest BCUT2D eigenvalue weighted by molar-refractivity contribution is -0.385. The highest BCUT2D eigenvalue weighted by atomic mass is 35.5. The van der Waals surface area contributed by atoms with Gasteiger partial charge in [-0.3, -0.25) is 14.9 Å². The number of nitrogens with zero attached hydrogens (tertiary/aromatic N) is 2. The third kappa shape index (κ3) is 3.54. The van der Waals surface area contributed by atoms with Crippen LogP contribution in [0.4, 0.5) is 5.69 Å². The Kier molecular flexibility index (Phi) is 5.84. The molecule has 0 radical (unpaired) electrons. The molecule has 24 heavy (non-hydrogen) atoms. The standard InChI is InChI=1S/C15H19N3O5.ClH/c1-16-10-3-2-4-17(9-10)15(19)11-7-13-14(23-6-5-22-13)8-12(11)18(20)21;/h7-8,10,16H,2-6,9H2,1H3;1H. The number of amides is 1. The van der Waals surface area contributed by atoms with Gasteiger partial charge in [0.15, 0.2) is 11.5 Å². The van der Waals surface area contributed by atoms with E-state index in [0.717, 1.165) is 12.8 Å². The fourth-order valence-corrected chi connectivity index (χ4v) is 2.97. The fourth-order valence-electron chi connectivity index (χ4n) is 2.97. The Bertz CT molecular complexity index is 640. The number of halogens is 1. The molecule has 2 heterocycles. The highest BCUT2D eigenvalue weighted by Gasteiger charge is 2.31. The highest BCUT2D eigenvalue weighted by Crippen LogP contribution is 2.37. The maximum absolute atomic E-state index is 12.8. The van der Waals surface area contributed by atoms with Crippen molar-refractivity contribution in [2.45, 2.75) is 18.9 Å². The molecule has 1 atom stereocenters. The van der Waals surface area contributed by atoms with Crippen LogP contribution in [-0.2, 0) is 0 Å². The number of rotatable bonds is 3. The maximum Gasteiger partial charge on any atom is 0.286 e. The number of hydrogen-bond acceptors (Lipinski definition) is 6. The van der Waals surface area contributed by atoms with Crippen LogP contribution in [0.25, 0.3) is 0 Å². The number of carbonyl (C=O) groups excluding carboxylic acids is 1. The molecule has 1 N–H and O–H groups in total. The van der Waals surface area contributed by atoms with E-state index in [4.69, 9.17) is 9.47 Å². The summed E-state index contributed by atoms with van der Waals surface area (Å²) in [5.41, 5.74) is -0.193. The monoisotopic (exact) mass is 357 g/mol. The molecule has 0 bridgehead atoms. The van der Waals surface area contributed by atoms with Crippen molar-refractivity contribution in [2.24, 2.45) is 0 Å². The van der Waals surface area contributed by atoms with Gasteiger partial charge in [-0.05, 0) is 19.9 Å². The van der Waals surface area contributed by atoms with E-state index in [9.17, 15) is 14.9 Å². The summed E-state index contributed by atoms with van der Waals surface area (Å²) in [6, 6.07) is 2.92. The van der Waals surface area contributed by atoms with Gasteiger partial charge in [0.05, 0.1) is 11.0 Å². The van der Waals surface area contributed by atoms with Gasteiger partial charge in [0, 0.05) is 25.2 Å². The molecule has 2 aliphatic rings. The van der Waals surface area contributed by atoms with Gasteiger partial charge in [-0.2, -0.15) is 0 Å². The Labute approximate surface area is 145 Å². The van der Waals surface area contributed by atoms with E-state index in [2.05, 4.69) is 5.32 Å². The smallest absolute Gasteiger partial charge is 0.286 e. The lowest BCUT2D eigenvalue weighted by atomic mass is 10.0. The van der Waals surface area contributed by atoms with Gasteiger partial charge in [-0.15, -0.1) is 12.4 Å². The second-order valence-corrected chi connectivity index (χ2v) is 5.65. The molecule has 1 aromatic carbocycles. The SMILES string of the molecule is CNC1CCCN(C(=O)c2cc3c(cc2[N+](=O)[O-])OCCO3)C1.Cl. The Hall–Kier alpha value is -2.06. The van der Waals surface area contributed by atoms with Crippen molar-refractivity contribution in [1.29, 1.82) is 0 Å². The Morgan fingerprint density at radius 2 is 2.00 bits per heavy atom. The lowest BCUT2D eigenvalue weighted by Gasteiger charge is -2.32. The van der Waals surface area contributed by atoms with E-state index < -0.39 is 4.92 Å². The number of hydrogen-bond donors (Lipinski definition) is 1. The van der Waals surface area contributed by atoms with E-state index in [0.29, 0.717) is 37.8 Å². The van der Waals surface area contributed by atoms with Crippen LogP contribution >= 0.6 is 12.4 Å². The summed E-state index contributed by atoms with van der Waals surface area (Å²) in [6.45, 7) is 1.85. The van der Waals surface area contributed by atoms with Crippen molar-refractivity contribution < 1.29 is 19.2 Å². The van der Waals surface area contributed by atoms with Crippen LogP contribution in [0, 0.1) is 10.1 Å². The lowest BCUT2D eigenvalue weighted by Crippen LogP contribution is -2.47. The summed E-state index contributed by atoms with van der Waals surface area (Å²) >= 11 is 0. The number of benzene rings is 1. The van der Waals surface area contributed by atoms with Crippen molar-refractivity contribution in [3.05, 3.63) is 27.8 Å². The number of ether oxygens (including phenoxy) is 2. The summed E-state index contributed by atoms with van der Waals surface area (Å²) in [4.78, 5) is 25.2. The number of fused-ring (bicyclic) bond motifs is 1. The van der Waals surface area contributed by atoms with Crippen LogP contribution in [0.1, 0.15) is 23.2 Å². The zero-order valence-electron chi connectivity index (χ0n) is 13.3. The minimum Gasteiger partial charge on any atom is -0.486 e. The van der Waals surface area contributed by atoms with Gasteiger partial charge in [0.25, 0.3) is 11.6 Å². The second-order valence-electron chi connectivity index (χ2n) is 5.65. The molecule has 0 saturated carbocycles. The highest BCUT2D eigenvalue weighted by molar-refractivity contribution is 5.99. The molecule has 1 aromatic rings. The molecule has 2 aliphatic heterocycles. The second kappa shape index (κ2) is 7.67. The molecule has 8 nitrogen and oxygen atoms in total. The minimum atomic E-state index is -0.551. The van der Waals surface area contributed by atoms with Crippen LogP contribution in [0.2, 0.25) is 0 Å². The summed E-state index contributed by atoms with van der Waals surface area (Å²) in [5.74, 6) is 0.354.